The van der Waals surface area contributed by atoms with Crippen molar-refractivity contribution in [3.05, 3.63) is 65.2 Å². The van der Waals surface area contributed by atoms with E-state index in [0.29, 0.717) is 29.8 Å². The quantitative estimate of drug-likeness (QED) is 0.721. The predicted octanol–water partition coefficient (Wildman–Crippen LogP) is 4.64. The van der Waals surface area contributed by atoms with Gasteiger partial charge in [0.25, 0.3) is 5.91 Å². The minimum Gasteiger partial charge on any atom is -0.481 e. The molecule has 4 nitrogen and oxygen atoms in total. The molecule has 0 N–H and O–H groups in total. The summed E-state index contributed by atoms with van der Waals surface area (Å²) in [6.45, 7) is 6.76. The molecule has 0 unspecified atom stereocenters. The molecular formula is C23H26N2O2. The molecule has 0 saturated heterocycles. The van der Waals surface area contributed by atoms with E-state index in [-0.39, 0.29) is 5.91 Å². The van der Waals surface area contributed by atoms with Crippen LogP contribution in [0.4, 0.5) is 0 Å². The van der Waals surface area contributed by atoms with Crippen molar-refractivity contribution in [1.29, 1.82) is 5.26 Å². The van der Waals surface area contributed by atoms with Crippen molar-refractivity contribution in [1.82, 2.24) is 4.90 Å². The number of carbonyl (C=O) groups excluding carboxylic acids is 1. The predicted molar refractivity (Wildman–Crippen MR) is 105 cm³/mol. The van der Waals surface area contributed by atoms with E-state index in [2.05, 4.69) is 44.2 Å². The van der Waals surface area contributed by atoms with E-state index < -0.39 is 6.10 Å². The van der Waals surface area contributed by atoms with Crippen LogP contribution in [0.25, 0.3) is 0 Å². The fourth-order valence-corrected chi connectivity index (χ4v) is 3.07. The third-order valence-electron chi connectivity index (χ3n) is 4.91. The maximum atomic E-state index is 13.0. The molecule has 1 aliphatic rings. The van der Waals surface area contributed by atoms with Gasteiger partial charge in [0.05, 0.1) is 11.6 Å². The fourth-order valence-electron chi connectivity index (χ4n) is 3.07. The summed E-state index contributed by atoms with van der Waals surface area (Å²) < 4.78 is 5.82. The molecule has 0 heterocycles. The maximum Gasteiger partial charge on any atom is 0.263 e. The number of ether oxygens (including phenoxy) is 1. The summed E-state index contributed by atoms with van der Waals surface area (Å²) in [7, 11) is 0. The van der Waals surface area contributed by atoms with Crippen LogP contribution in [0.15, 0.2) is 48.5 Å². The van der Waals surface area contributed by atoms with Crippen LogP contribution in [0.5, 0.6) is 5.75 Å². The number of hydrogen-bond donors (Lipinski definition) is 0. The Balaban J connectivity index is 1.66. The third kappa shape index (κ3) is 4.89. The molecule has 1 saturated carbocycles. The lowest BCUT2D eigenvalue weighted by molar-refractivity contribution is -0.139. The summed E-state index contributed by atoms with van der Waals surface area (Å²) in [6.07, 6.45) is 1.55. The molecule has 0 radical (unpaired) electrons. The Morgan fingerprint density at radius 1 is 1.11 bits per heavy atom. The molecule has 0 bridgehead atoms. The molecule has 1 fully saturated rings. The van der Waals surface area contributed by atoms with Crippen molar-refractivity contribution in [2.24, 2.45) is 0 Å². The van der Waals surface area contributed by atoms with Gasteiger partial charge in [-0.2, -0.15) is 5.26 Å². The minimum atomic E-state index is -0.562. The van der Waals surface area contributed by atoms with Crippen LogP contribution in [0.1, 0.15) is 56.2 Å². The summed E-state index contributed by atoms with van der Waals surface area (Å²) in [5, 5.41) is 8.88. The minimum absolute atomic E-state index is 0.00907. The highest BCUT2D eigenvalue weighted by molar-refractivity contribution is 5.81. The number of amides is 1. The van der Waals surface area contributed by atoms with Crippen molar-refractivity contribution < 1.29 is 9.53 Å². The average molecular weight is 362 g/mol. The number of nitrogens with zero attached hydrogens (tertiary/aromatic N) is 2. The highest BCUT2D eigenvalue weighted by Crippen LogP contribution is 2.30. The monoisotopic (exact) mass is 362 g/mol. The van der Waals surface area contributed by atoms with Crippen LogP contribution in [0.2, 0.25) is 0 Å². The Kier molecular flexibility index (Phi) is 5.81. The van der Waals surface area contributed by atoms with Gasteiger partial charge >= 0.3 is 0 Å². The highest BCUT2D eigenvalue weighted by atomic mass is 16.5. The third-order valence-corrected chi connectivity index (χ3v) is 4.91. The standard InChI is InChI=1S/C23H26N2O2/c1-16(2)20-8-4-19(5-9-20)15-25(21-10-11-21)23(26)17(3)27-22-12-6-18(14-24)7-13-22/h4-9,12-13,16-17,21H,10-11,15H2,1-3H3/t17-/m1/s1. The first-order chi connectivity index (χ1) is 13.0. The molecule has 0 aliphatic heterocycles. The van der Waals surface area contributed by atoms with Crippen LogP contribution in [0, 0.1) is 11.3 Å². The number of carbonyl (C=O) groups is 1. The van der Waals surface area contributed by atoms with E-state index in [4.69, 9.17) is 10.00 Å². The molecule has 27 heavy (non-hydrogen) atoms. The molecule has 0 aromatic heterocycles. The molecule has 4 heteroatoms. The molecule has 1 amide bonds. The normalized spacial score (nSPS) is 14.5. The summed E-state index contributed by atoms with van der Waals surface area (Å²) in [4.78, 5) is 14.9. The smallest absolute Gasteiger partial charge is 0.263 e. The van der Waals surface area contributed by atoms with Gasteiger partial charge in [0.1, 0.15) is 5.75 Å². The Morgan fingerprint density at radius 3 is 2.26 bits per heavy atom. The first kappa shape index (κ1) is 19.0. The lowest BCUT2D eigenvalue weighted by Gasteiger charge is -2.26. The Morgan fingerprint density at radius 2 is 1.74 bits per heavy atom. The van der Waals surface area contributed by atoms with Crippen molar-refractivity contribution in [2.75, 3.05) is 0 Å². The van der Waals surface area contributed by atoms with Crippen molar-refractivity contribution in [3.63, 3.8) is 0 Å². The molecule has 1 aliphatic carbocycles. The maximum absolute atomic E-state index is 13.0. The van der Waals surface area contributed by atoms with E-state index in [1.165, 1.54) is 5.56 Å². The average Bonchev–Trinajstić information content (AvgIpc) is 3.51. The molecule has 2 aromatic carbocycles. The van der Waals surface area contributed by atoms with Gasteiger partial charge in [0.2, 0.25) is 0 Å². The van der Waals surface area contributed by atoms with E-state index in [1.807, 2.05) is 4.90 Å². The summed E-state index contributed by atoms with van der Waals surface area (Å²) in [5.74, 6) is 1.11. The van der Waals surface area contributed by atoms with Gasteiger partial charge in [-0.15, -0.1) is 0 Å². The molecule has 0 spiro atoms. The molecule has 3 rings (SSSR count). The first-order valence-electron chi connectivity index (χ1n) is 9.54. The van der Waals surface area contributed by atoms with Gasteiger partial charge in [0, 0.05) is 12.6 Å². The van der Waals surface area contributed by atoms with Crippen molar-refractivity contribution in [2.45, 2.75) is 58.2 Å². The van der Waals surface area contributed by atoms with E-state index >= 15 is 0 Å². The number of nitriles is 1. The topological polar surface area (TPSA) is 53.3 Å². The highest BCUT2D eigenvalue weighted by Gasteiger charge is 2.35. The van der Waals surface area contributed by atoms with Gasteiger partial charge in [0.15, 0.2) is 6.10 Å². The van der Waals surface area contributed by atoms with Gasteiger partial charge in [-0.1, -0.05) is 38.1 Å². The van der Waals surface area contributed by atoms with Crippen LogP contribution < -0.4 is 4.74 Å². The summed E-state index contributed by atoms with van der Waals surface area (Å²) in [6, 6.07) is 17.8. The van der Waals surface area contributed by atoms with Crippen LogP contribution in [-0.2, 0) is 11.3 Å². The van der Waals surface area contributed by atoms with Crippen molar-refractivity contribution in [3.8, 4) is 11.8 Å². The number of benzene rings is 2. The lowest BCUT2D eigenvalue weighted by atomic mass is 10.0. The Hall–Kier alpha value is -2.80. The fraction of sp³-hybridized carbons (Fsp3) is 0.391. The van der Waals surface area contributed by atoms with Gasteiger partial charge in [-0.3, -0.25) is 4.79 Å². The SMILES string of the molecule is CC(C)c1ccc(CN(C(=O)[C@@H](C)Oc2ccc(C#N)cc2)C2CC2)cc1. The van der Waals surface area contributed by atoms with Gasteiger partial charge < -0.3 is 9.64 Å². The van der Waals surface area contributed by atoms with Gasteiger partial charge in [-0.25, -0.2) is 0 Å². The van der Waals surface area contributed by atoms with E-state index in [9.17, 15) is 4.79 Å². The largest absolute Gasteiger partial charge is 0.481 e. The molecule has 1 atom stereocenters. The lowest BCUT2D eigenvalue weighted by Crippen LogP contribution is -2.41. The zero-order valence-electron chi connectivity index (χ0n) is 16.2. The van der Waals surface area contributed by atoms with Crippen LogP contribution in [0.3, 0.4) is 0 Å². The van der Waals surface area contributed by atoms with Crippen LogP contribution >= 0.6 is 0 Å². The Labute approximate surface area is 161 Å². The molecule has 140 valence electrons. The Bertz CT molecular complexity index is 815. The van der Waals surface area contributed by atoms with Crippen molar-refractivity contribution >= 4 is 5.91 Å². The van der Waals surface area contributed by atoms with Gasteiger partial charge in [-0.05, 0) is 61.1 Å². The van der Waals surface area contributed by atoms with E-state index in [1.54, 1.807) is 31.2 Å². The van der Waals surface area contributed by atoms with Crippen LogP contribution in [-0.4, -0.2) is 23.0 Å². The summed E-state index contributed by atoms with van der Waals surface area (Å²) in [5.41, 5.74) is 3.02. The number of hydrogen-bond acceptors (Lipinski definition) is 3. The number of rotatable bonds is 7. The second kappa shape index (κ2) is 8.26. The zero-order chi connectivity index (χ0) is 19.4. The second-order valence-corrected chi connectivity index (χ2v) is 7.49. The molecule has 2 aromatic rings. The van der Waals surface area contributed by atoms with E-state index in [0.717, 1.165) is 18.4 Å². The first-order valence-corrected chi connectivity index (χ1v) is 9.54. The zero-order valence-corrected chi connectivity index (χ0v) is 16.2. The summed E-state index contributed by atoms with van der Waals surface area (Å²) >= 11 is 0. The molecular weight excluding hydrogens is 336 g/mol. The second-order valence-electron chi connectivity index (χ2n) is 7.49.